The Morgan fingerprint density at radius 1 is 1.00 bits per heavy atom. The average Bonchev–Trinajstić information content (AvgIpc) is 3.03. The number of pyridine rings is 1. The standard InChI is InChI=1S/C19H14N2O4S/c1-13-17-11-15(12-20-19(17)24-21-13)26(22,23)25-18-10-6-5-9-16(18)14-7-3-2-4-8-14/h2-12H,1H3. The minimum absolute atomic E-state index is 0.0563. The van der Waals surface area contributed by atoms with Gasteiger partial charge in [-0.25, -0.2) is 4.98 Å². The molecule has 7 heteroatoms. The van der Waals surface area contributed by atoms with Crippen LogP contribution in [0.3, 0.4) is 0 Å². The number of aryl methyl sites for hydroxylation is 1. The van der Waals surface area contributed by atoms with Gasteiger partial charge < -0.3 is 8.71 Å². The molecule has 2 heterocycles. The molecule has 6 nitrogen and oxygen atoms in total. The van der Waals surface area contributed by atoms with Crippen LogP contribution < -0.4 is 4.18 Å². The minimum Gasteiger partial charge on any atom is -0.378 e. The first-order valence-corrected chi connectivity index (χ1v) is 9.26. The Morgan fingerprint density at radius 2 is 1.73 bits per heavy atom. The number of aromatic nitrogens is 2. The van der Waals surface area contributed by atoms with Crippen LogP contribution in [0.1, 0.15) is 5.69 Å². The van der Waals surface area contributed by atoms with Crippen LogP contribution >= 0.6 is 0 Å². The van der Waals surface area contributed by atoms with Gasteiger partial charge in [-0.2, -0.15) is 8.42 Å². The van der Waals surface area contributed by atoms with Gasteiger partial charge in [0.25, 0.3) is 5.71 Å². The molecule has 0 saturated carbocycles. The highest BCUT2D eigenvalue weighted by Gasteiger charge is 2.21. The molecule has 4 rings (SSSR count). The maximum atomic E-state index is 12.7. The average molecular weight is 366 g/mol. The lowest BCUT2D eigenvalue weighted by molar-refractivity contribution is 0.442. The number of hydrogen-bond donors (Lipinski definition) is 0. The first-order valence-electron chi connectivity index (χ1n) is 7.85. The highest BCUT2D eigenvalue weighted by Crippen LogP contribution is 2.32. The highest BCUT2D eigenvalue weighted by molar-refractivity contribution is 7.87. The van der Waals surface area contributed by atoms with Crippen LogP contribution in [0.25, 0.3) is 22.2 Å². The van der Waals surface area contributed by atoms with Crippen molar-refractivity contribution in [1.29, 1.82) is 0 Å². The summed E-state index contributed by atoms with van der Waals surface area (Å²) in [6, 6.07) is 17.9. The van der Waals surface area contributed by atoms with Crippen LogP contribution in [0, 0.1) is 6.92 Å². The van der Waals surface area contributed by atoms with Crippen LogP contribution in [0.4, 0.5) is 0 Å². The molecule has 2 aromatic heterocycles. The fourth-order valence-corrected chi connectivity index (χ4v) is 3.55. The van der Waals surface area contributed by atoms with Crippen molar-refractivity contribution in [2.24, 2.45) is 0 Å². The molecule has 130 valence electrons. The summed E-state index contributed by atoms with van der Waals surface area (Å²) < 4.78 is 35.9. The summed E-state index contributed by atoms with van der Waals surface area (Å²) in [4.78, 5) is 3.95. The third kappa shape index (κ3) is 2.93. The Labute approximate surface area is 150 Å². The van der Waals surface area contributed by atoms with Crippen molar-refractivity contribution in [2.45, 2.75) is 11.8 Å². The molecule has 0 atom stereocenters. The fraction of sp³-hybridized carbons (Fsp3) is 0.0526. The Bertz CT molecular complexity index is 1180. The molecule has 0 aliphatic heterocycles. The number of rotatable bonds is 4. The first-order chi connectivity index (χ1) is 12.5. The predicted octanol–water partition coefficient (Wildman–Crippen LogP) is 3.97. The predicted molar refractivity (Wildman–Crippen MR) is 96.2 cm³/mol. The summed E-state index contributed by atoms with van der Waals surface area (Å²) in [5.74, 6) is 0.251. The van der Waals surface area contributed by atoms with Crippen LogP contribution in [-0.4, -0.2) is 18.6 Å². The van der Waals surface area contributed by atoms with E-state index in [1.807, 2.05) is 42.5 Å². The zero-order chi connectivity index (χ0) is 18.1. The van der Waals surface area contributed by atoms with Gasteiger partial charge in [0.2, 0.25) is 0 Å². The molecule has 4 aromatic rings. The summed E-state index contributed by atoms with van der Waals surface area (Å²) >= 11 is 0. The summed E-state index contributed by atoms with van der Waals surface area (Å²) in [6.07, 6.45) is 1.20. The smallest absolute Gasteiger partial charge is 0.340 e. The van der Waals surface area contributed by atoms with Crippen LogP contribution in [0.15, 0.2) is 76.3 Å². The maximum Gasteiger partial charge on any atom is 0.340 e. The number of nitrogens with zero attached hydrogens (tertiary/aromatic N) is 2. The Morgan fingerprint density at radius 3 is 2.54 bits per heavy atom. The molecular weight excluding hydrogens is 352 g/mol. The molecule has 0 bridgehead atoms. The van der Waals surface area contributed by atoms with E-state index in [2.05, 4.69) is 10.1 Å². The zero-order valence-corrected chi connectivity index (χ0v) is 14.6. The van der Waals surface area contributed by atoms with Crippen LogP contribution in [0.2, 0.25) is 0 Å². The lowest BCUT2D eigenvalue weighted by Crippen LogP contribution is -2.10. The normalized spacial score (nSPS) is 11.6. The van der Waals surface area contributed by atoms with Gasteiger partial charge in [0, 0.05) is 5.56 Å². The van der Waals surface area contributed by atoms with Crippen LogP contribution in [-0.2, 0) is 10.1 Å². The van der Waals surface area contributed by atoms with E-state index in [4.69, 9.17) is 8.71 Å². The van der Waals surface area contributed by atoms with E-state index < -0.39 is 10.1 Å². The molecule has 0 fully saturated rings. The molecule has 0 radical (unpaired) electrons. The van der Waals surface area contributed by atoms with E-state index in [-0.39, 0.29) is 16.4 Å². The van der Waals surface area contributed by atoms with E-state index in [1.54, 1.807) is 19.1 Å². The molecular formula is C19H14N2O4S. The minimum atomic E-state index is -4.06. The molecule has 0 unspecified atom stereocenters. The van der Waals surface area contributed by atoms with Crippen molar-refractivity contribution < 1.29 is 17.1 Å². The van der Waals surface area contributed by atoms with Gasteiger partial charge >= 0.3 is 10.1 Å². The second kappa shape index (κ2) is 6.27. The largest absolute Gasteiger partial charge is 0.378 e. The Kier molecular flexibility index (Phi) is 3.93. The number of hydrogen-bond acceptors (Lipinski definition) is 6. The van der Waals surface area contributed by atoms with Crippen molar-refractivity contribution in [1.82, 2.24) is 10.1 Å². The van der Waals surface area contributed by atoms with E-state index in [0.29, 0.717) is 16.6 Å². The summed E-state index contributed by atoms with van der Waals surface area (Å²) in [5.41, 5.74) is 2.40. The van der Waals surface area contributed by atoms with Gasteiger partial charge in [-0.1, -0.05) is 53.7 Å². The molecule has 0 aliphatic rings. The number of para-hydroxylation sites is 1. The van der Waals surface area contributed by atoms with Gasteiger partial charge in [0.15, 0.2) is 5.75 Å². The van der Waals surface area contributed by atoms with Gasteiger partial charge in [0.05, 0.1) is 17.3 Å². The molecule has 0 saturated heterocycles. The molecule has 0 amide bonds. The molecule has 0 N–H and O–H groups in total. The van der Waals surface area contributed by atoms with Crippen molar-refractivity contribution >= 4 is 21.2 Å². The van der Waals surface area contributed by atoms with Gasteiger partial charge in [-0.3, -0.25) is 0 Å². The van der Waals surface area contributed by atoms with E-state index in [1.165, 1.54) is 12.3 Å². The lowest BCUT2D eigenvalue weighted by atomic mass is 10.1. The summed E-state index contributed by atoms with van der Waals surface area (Å²) in [7, 11) is -4.06. The topological polar surface area (TPSA) is 82.3 Å². The summed E-state index contributed by atoms with van der Waals surface area (Å²) in [5, 5.41) is 4.32. The third-order valence-electron chi connectivity index (χ3n) is 3.94. The van der Waals surface area contributed by atoms with Crippen molar-refractivity contribution in [3.63, 3.8) is 0 Å². The molecule has 0 aliphatic carbocycles. The molecule has 0 spiro atoms. The van der Waals surface area contributed by atoms with Crippen molar-refractivity contribution in [2.75, 3.05) is 0 Å². The quantitative estimate of drug-likeness (QED) is 0.508. The fourth-order valence-electron chi connectivity index (χ4n) is 2.62. The molecule has 26 heavy (non-hydrogen) atoms. The molecule has 2 aromatic carbocycles. The Hall–Kier alpha value is -3.19. The second-order valence-corrected chi connectivity index (χ2v) is 7.24. The van der Waals surface area contributed by atoms with E-state index in [9.17, 15) is 8.42 Å². The van der Waals surface area contributed by atoms with E-state index in [0.717, 1.165) is 5.56 Å². The SMILES string of the molecule is Cc1noc2ncc(S(=O)(=O)Oc3ccccc3-c3ccccc3)cc12. The van der Waals surface area contributed by atoms with Gasteiger partial charge in [-0.15, -0.1) is 0 Å². The third-order valence-corrected chi connectivity index (χ3v) is 5.14. The maximum absolute atomic E-state index is 12.7. The number of benzene rings is 2. The zero-order valence-electron chi connectivity index (χ0n) is 13.8. The summed E-state index contributed by atoms with van der Waals surface area (Å²) in [6.45, 7) is 1.72. The Balaban J connectivity index is 1.75. The first kappa shape index (κ1) is 16.3. The van der Waals surface area contributed by atoms with Crippen molar-refractivity contribution in [3.05, 3.63) is 72.6 Å². The monoisotopic (exact) mass is 366 g/mol. The van der Waals surface area contributed by atoms with Gasteiger partial charge in [-0.05, 0) is 24.6 Å². The van der Waals surface area contributed by atoms with Crippen LogP contribution in [0.5, 0.6) is 5.75 Å². The van der Waals surface area contributed by atoms with Gasteiger partial charge in [0.1, 0.15) is 4.90 Å². The van der Waals surface area contributed by atoms with E-state index >= 15 is 0 Å². The second-order valence-electron chi connectivity index (χ2n) is 5.69. The number of fused-ring (bicyclic) bond motifs is 1. The highest BCUT2D eigenvalue weighted by atomic mass is 32.2. The lowest BCUT2D eigenvalue weighted by Gasteiger charge is -2.11. The van der Waals surface area contributed by atoms with Crippen molar-refractivity contribution in [3.8, 4) is 16.9 Å².